The Morgan fingerprint density at radius 1 is 0.913 bits per heavy atom. The van der Waals surface area contributed by atoms with E-state index in [2.05, 4.69) is 41.1 Å². The molecule has 0 fully saturated rings. The second kappa shape index (κ2) is 14.5. The first-order chi connectivity index (χ1) is 22.2. The van der Waals surface area contributed by atoms with Gasteiger partial charge in [0.1, 0.15) is 24.7 Å². The molecular formula is C35H32ClN3O7. The maximum absolute atomic E-state index is 12.6. The van der Waals surface area contributed by atoms with Crippen LogP contribution in [0.5, 0.6) is 17.2 Å². The first-order valence-electron chi connectivity index (χ1n) is 14.4. The lowest BCUT2D eigenvalue weighted by Crippen LogP contribution is -2.16. The van der Waals surface area contributed by atoms with Crippen molar-refractivity contribution in [3.8, 4) is 22.9 Å². The highest BCUT2D eigenvalue weighted by Crippen LogP contribution is 2.37. The molecule has 5 aromatic rings. The van der Waals surface area contributed by atoms with E-state index in [0.29, 0.717) is 35.2 Å². The van der Waals surface area contributed by atoms with Gasteiger partial charge >= 0.3 is 11.9 Å². The lowest BCUT2D eigenvalue weighted by Gasteiger charge is -2.14. The molecule has 0 aliphatic rings. The number of benzene rings is 3. The van der Waals surface area contributed by atoms with Gasteiger partial charge in [-0.05, 0) is 105 Å². The van der Waals surface area contributed by atoms with Crippen molar-refractivity contribution in [2.45, 2.75) is 34.0 Å². The van der Waals surface area contributed by atoms with Crippen LogP contribution in [0.2, 0.25) is 5.02 Å². The van der Waals surface area contributed by atoms with Crippen LogP contribution in [0.15, 0.2) is 94.4 Å². The zero-order valence-corrected chi connectivity index (χ0v) is 26.2. The molecule has 3 aromatic carbocycles. The predicted octanol–water partition coefficient (Wildman–Crippen LogP) is 7.36. The maximum Gasteiger partial charge on any atom is 0.335 e. The van der Waals surface area contributed by atoms with Crippen molar-refractivity contribution in [2.75, 3.05) is 6.61 Å². The summed E-state index contributed by atoms with van der Waals surface area (Å²) < 4.78 is 25.3. The quantitative estimate of drug-likeness (QED) is 0.102. The molecule has 0 saturated heterocycles. The summed E-state index contributed by atoms with van der Waals surface area (Å²) in [7, 11) is 0. The van der Waals surface area contributed by atoms with E-state index < -0.39 is 11.9 Å². The van der Waals surface area contributed by atoms with Gasteiger partial charge in [0.05, 0.1) is 23.4 Å². The normalized spacial score (nSPS) is 11.0. The molecule has 46 heavy (non-hydrogen) atoms. The fourth-order valence-electron chi connectivity index (χ4n) is 4.68. The third kappa shape index (κ3) is 7.77. The number of carboxylic acid groups (broad SMARTS) is 1. The smallest absolute Gasteiger partial charge is 0.335 e. The molecule has 2 aromatic heterocycles. The number of carbonyl (C=O) groups excluding carboxylic acids is 1. The number of hydrazone groups is 1. The van der Waals surface area contributed by atoms with Crippen LogP contribution in [0.4, 0.5) is 0 Å². The average molecular weight is 642 g/mol. The predicted molar refractivity (Wildman–Crippen MR) is 174 cm³/mol. The van der Waals surface area contributed by atoms with Crippen molar-refractivity contribution in [1.82, 2.24) is 9.99 Å². The van der Waals surface area contributed by atoms with Crippen LogP contribution in [-0.4, -0.2) is 34.4 Å². The zero-order valence-electron chi connectivity index (χ0n) is 25.5. The van der Waals surface area contributed by atoms with Gasteiger partial charge in [0, 0.05) is 17.1 Å². The molecule has 0 bridgehead atoms. The summed E-state index contributed by atoms with van der Waals surface area (Å²) in [5.74, 6) is 0.431. The summed E-state index contributed by atoms with van der Waals surface area (Å²) >= 11 is 6.50. The number of furan rings is 1. The first-order valence-corrected chi connectivity index (χ1v) is 14.8. The second-order valence-corrected chi connectivity index (χ2v) is 10.7. The van der Waals surface area contributed by atoms with Crippen LogP contribution in [0.3, 0.4) is 0 Å². The largest absolute Gasteiger partial charge is 0.490 e. The Morgan fingerprint density at radius 2 is 1.63 bits per heavy atom. The molecule has 236 valence electrons. The van der Waals surface area contributed by atoms with Gasteiger partial charge in [-0.1, -0.05) is 23.7 Å². The van der Waals surface area contributed by atoms with Crippen molar-refractivity contribution in [1.29, 1.82) is 0 Å². The Balaban J connectivity index is 1.15. The Morgan fingerprint density at radius 3 is 2.30 bits per heavy atom. The molecule has 11 heteroatoms. The third-order valence-electron chi connectivity index (χ3n) is 6.93. The molecule has 0 radical (unpaired) electrons. The maximum atomic E-state index is 12.6. The van der Waals surface area contributed by atoms with E-state index in [-0.39, 0.29) is 29.6 Å². The Hall–Kier alpha value is -5.48. The molecular weight excluding hydrogens is 610 g/mol. The highest BCUT2D eigenvalue weighted by molar-refractivity contribution is 6.32. The summed E-state index contributed by atoms with van der Waals surface area (Å²) in [4.78, 5) is 23.7. The fraction of sp³-hybridized carbons (Fsp3) is 0.171. The monoisotopic (exact) mass is 641 g/mol. The molecule has 0 spiro atoms. The van der Waals surface area contributed by atoms with E-state index >= 15 is 0 Å². The van der Waals surface area contributed by atoms with Crippen LogP contribution in [0, 0.1) is 13.8 Å². The van der Waals surface area contributed by atoms with Crippen molar-refractivity contribution in [2.24, 2.45) is 5.10 Å². The van der Waals surface area contributed by atoms with E-state index in [1.54, 1.807) is 36.4 Å². The van der Waals surface area contributed by atoms with Crippen LogP contribution in [0.1, 0.15) is 56.1 Å². The van der Waals surface area contributed by atoms with Crippen LogP contribution < -0.4 is 19.6 Å². The SMILES string of the molecule is CCOc1cc(/C=N/NC(=O)c2ccc(COc3ccc(-n4c(C)ccc4C)cc3)o2)cc(Cl)c1OCc1ccc(C(=O)O)cc1. The highest BCUT2D eigenvalue weighted by atomic mass is 35.5. The van der Waals surface area contributed by atoms with Gasteiger partial charge in [-0.3, -0.25) is 4.79 Å². The summed E-state index contributed by atoms with van der Waals surface area (Å²) in [6, 6.07) is 24.8. The lowest BCUT2D eigenvalue weighted by atomic mass is 10.1. The zero-order chi connectivity index (χ0) is 32.6. The Kier molecular flexibility index (Phi) is 10.1. The highest BCUT2D eigenvalue weighted by Gasteiger charge is 2.14. The number of rotatable bonds is 13. The van der Waals surface area contributed by atoms with Gasteiger partial charge in [0.25, 0.3) is 0 Å². The van der Waals surface area contributed by atoms with Crippen molar-refractivity contribution < 1.29 is 33.3 Å². The number of hydrogen-bond donors (Lipinski definition) is 2. The minimum absolute atomic E-state index is 0.0813. The number of nitrogens with one attached hydrogen (secondary N) is 1. The van der Waals surface area contributed by atoms with E-state index in [1.807, 2.05) is 31.2 Å². The number of halogens is 1. The number of hydrogen-bond acceptors (Lipinski definition) is 7. The number of aromatic carboxylic acids is 1. The number of ether oxygens (including phenoxy) is 3. The molecule has 5 rings (SSSR count). The van der Waals surface area contributed by atoms with Gasteiger partial charge in [0.2, 0.25) is 0 Å². The number of nitrogens with zero attached hydrogens (tertiary/aromatic N) is 2. The van der Waals surface area contributed by atoms with Crippen LogP contribution in [-0.2, 0) is 13.2 Å². The molecule has 0 aliphatic carbocycles. The minimum atomic E-state index is -1.00. The Bertz CT molecular complexity index is 1840. The van der Waals surface area contributed by atoms with Crippen molar-refractivity contribution >= 4 is 29.7 Å². The molecule has 0 aliphatic heterocycles. The number of aryl methyl sites for hydroxylation is 2. The van der Waals surface area contributed by atoms with E-state index in [9.17, 15) is 9.59 Å². The van der Waals surface area contributed by atoms with Gasteiger partial charge in [-0.15, -0.1) is 0 Å². The lowest BCUT2D eigenvalue weighted by molar-refractivity contribution is 0.0696. The molecule has 10 nitrogen and oxygen atoms in total. The van der Waals surface area contributed by atoms with E-state index in [0.717, 1.165) is 22.6 Å². The molecule has 0 atom stereocenters. The van der Waals surface area contributed by atoms with E-state index in [1.165, 1.54) is 18.3 Å². The number of carbonyl (C=O) groups is 2. The minimum Gasteiger partial charge on any atom is -0.490 e. The van der Waals surface area contributed by atoms with Gasteiger partial charge in [-0.25, -0.2) is 10.2 Å². The summed E-state index contributed by atoms with van der Waals surface area (Å²) in [6.45, 7) is 6.61. The topological polar surface area (TPSA) is 125 Å². The van der Waals surface area contributed by atoms with E-state index in [4.69, 9.17) is 35.3 Å². The second-order valence-electron chi connectivity index (χ2n) is 10.3. The van der Waals surface area contributed by atoms with Crippen molar-refractivity contribution in [3.05, 3.63) is 130 Å². The van der Waals surface area contributed by atoms with Gasteiger partial charge < -0.3 is 28.3 Å². The number of aromatic nitrogens is 1. The van der Waals surface area contributed by atoms with Gasteiger partial charge in [0.15, 0.2) is 17.3 Å². The Labute approximate surface area is 270 Å². The van der Waals surface area contributed by atoms with Crippen LogP contribution in [0.25, 0.3) is 5.69 Å². The molecule has 2 heterocycles. The molecule has 1 amide bonds. The summed E-state index contributed by atoms with van der Waals surface area (Å²) in [5.41, 5.74) is 7.31. The number of amides is 1. The fourth-order valence-corrected chi connectivity index (χ4v) is 4.96. The third-order valence-corrected chi connectivity index (χ3v) is 7.21. The summed E-state index contributed by atoms with van der Waals surface area (Å²) in [5, 5.41) is 13.4. The summed E-state index contributed by atoms with van der Waals surface area (Å²) in [6.07, 6.45) is 1.42. The van der Waals surface area contributed by atoms with Crippen LogP contribution >= 0.6 is 11.6 Å². The molecule has 0 unspecified atom stereocenters. The first kappa shape index (κ1) is 31.9. The molecule has 0 saturated carbocycles. The standard InChI is InChI=1S/C35H32ClN3O7/c1-4-43-32-18-25(17-30(36)33(32)45-20-24-7-9-26(10-8-24)35(41)42)19-37-38-34(40)31-16-15-29(46-31)21-44-28-13-11-27(12-14-28)39-22(2)5-6-23(39)3/h5-19H,4,20-21H2,1-3H3,(H,38,40)(H,41,42)/b37-19+. The number of carboxylic acids is 1. The van der Waals surface area contributed by atoms with Crippen molar-refractivity contribution in [3.63, 3.8) is 0 Å². The van der Waals surface area contributed by atoms with Gasteiger partial charge in [-0.2, -0.15) is 5.10 Å². The molecule has 2 N–H and O–H groups in total. The average Bonchev–Trinajstić information content (AvgIpc) is 3.66.